The van der Waals surface area contributed by atoms with Gasteiger partial charge < -0.3 is 4.57 Å². The lowest BCUT2D eigenvalue weighted by molar-refractivity contribution is 0.590. The van der Waals surface area contributed by atoms with Crippen LogP contribution < -0.4 is 11.3 Å². The number of nitrogens with zero attached hydrogens (tertiary/aromatic N) is 2. The van der Waals surface area contributed by atoms with Crippen LogP contribution in [0.3, 0.4) is 0 Å². The molecule has 3 N–H and O–H groups in total. The van der Waals surface area contributed by atoms with Crippen molar-refractivity contribution in [2.75, 3.05) is 5.43 Å². The first-order valence-electron chi connectivity index (χ1n) is 3.91. The molecule has 74 valence electrons. The molecule has 0 aliphatic heterocycles. The number of nitrogens with two attached hydrogens (primary N) is 1. The Morgan fingerprint density at radius 3 is 2.79 bits per heavy atom. The molecular weight excluding hydrogens is 190 g/mol. The second-order valence-electron chi connectivity index (χ2n) is 2.89. The van der Waals surface area contributed by atoms with Gasteiger partial charge in [-0.25, -0.2) is 19.6 Å². The molecule has 1 aromatic carbocycles. The van der Waals surface area contributed by atoms with Gasteiger partial charge in [-0.1, -0.05) is 0 Å². The fourth-order valence-corrected chi connectivity index (χ4v) is 1.34. The maximum Gasteiger partial charge on any atom is 0.218 e. The Morgan fingerprint density at radius 1 is 1.43 bits per heavy atom. The zero-order chi connectivity index (χ0) is 10.3. The highest BCUT2D eigenvalue weighted by Gasteiger charge is 2.12. The van der Waals surface area contributed by atoms with Crippen LogP contribution in [-0.2, 0) is 7.05 Å². The summed E-state index contributed by atoms with van der Waals surface area (Å²) < 4.78 is 27.5. The molecule has 0 spiro atoms. The Labute approximate surface area is 78.3 Å². The standard InChI is InChI=1S/C8H8F2N4/c1-14-6-3-4(9)2-5(10)7(6)12-8(14)13-11/h2-3H,11H2,1H3,(H,12,13). The highest BCUT2D eigenvalue weighted by atomic mass is 19.1. The Kier molecular flexibility index (Phi) is 1.85. The number of benzene rings is 1. The van der Waals surface area contributed by atoms with Crippen molar-refractivity contribution in [3.05, 3.63) is 23.8 Å². The van der Waals surface area contributed by atoms with Crippen molar-refractivity contribution in [3.8, 4) is 0 Å². The van der Waals surface area contributed by atoms with Crippen LogP contribution in [0.25, 0.3) is 11.0 Å². The third-order valence-corrected chi connectivity index (χ3v) is 2.03. The van der Waals surface area contributed by atoms with Gasteiger partial charge in [0.2, 0.25) is 5.95 Å². The van der Waals surface area contributed by atoms with Gasteiger partial charge in [-0.3, -0.25) is 5.43 Å². The summed E-state index contributed by atoms with van der Waals surface area (Å²) in [5.41, 5.74) is 2.75. The van der Waals surface area contributed by atoms with E-state index in [9.17, 15) is 8.78 Å². The molecule has 1 heterocycles. The molecule has 1 aromatic heterocycles. The minimum Gasteiger partial charge on any atom is -0.312 e. The molecule has 6 heteroatoms. The number of nitrogen functional groups attached to an aromatic ring is 1. The van der Waals surface area contributed by atoms with Crippen LogP contribution in [0.15, 0.2) is 12.1 Å². The van der Waals surface area contributed by atoms with Gasteiger partial charge in [0.15, 0.2) is 5.82 Å². The second-order valence-corrected chi connectivity index (χ2v) is 2.89. The number of imidazole rings is 1. The van der Waals surface area contributed by atoms with Gasteiger partial charge in [-0.2, -0.15) is 0 Å². The lowest BCUT2D eigenvalue weighted by Crippen LogP contribution is -2.11. The van der Waals surface area contributed by atoms with E-state index >= 15 is 0 Å². The summed E-state index contributed by atoms with van der Waals surface area (Å²) >= 11 is 0. The lowest BCUT2D eigenvalue weighted by atomic mass is 10.3. The molecule has 0 aliphatic carbocycles. The maximum absolute atomic E-state index is 13.2. The van der Waals surface area contributed by atoms with Gasteiger partial charge in [0.05, 0.1) is 5.52 Å². The van der Waals surface area contributed by atoms with Crippen LogP contribution in [0.4, 0.5) is 14.7 Å². The van der Waals surface area contributed by atoms with E-state index in [4.69, 9.17) is 5.84 Å². The van der Waals surface area contributed by atoms with E-state index in [0.717, 1.165) is 6.07 Å². The monoisotopic (exact) mass is 198 g/mol. The Balaban J connectivity index is 2.85. The van der Waals surface area contributed by atoms with Crippen LogP contribution in [-0.4, -0.2) is 9.55 Å². The van der Waals surface area contributed by atoms with E-state index in [1.807, 2.05) is 0 Å². The zero-order valence-electron chi connectivity index (χ0n) is 7.38. The average Bonchev–Trinajstić information content (AvgIpc) is 2.44. The largest absolute Gasteiger partial charge is 0.312 e. The SMILES string of the molecule is Cn1c(NN)nc2c(F)cc(F)cc21. The Bertz CT molecular complexity index is 492. The van der Waals surface area contributed by atoms with E-state index in [1.54, 1.807) is 7.05 Å². The van der Waals surface area contributed by atoms with E-state index in [0.29, 0.717) is 5.52 Å². The molecule has 4 nitrogen and oxygen atoms in total. The van der Waals surface area contributed by atoms with Crippen molar-refractivity contribution in [2.24, 2.45) is 12.9 Å². The Hall–Kier alpha value is -1.69. The van der Waals surface area contributed by atoms with Crippen LogP contribution >= 0.6 is 0 Å². The molecule has 0 bridgehead atoms. The molecule has 0 amide bonds. The summed E-state index contributed by atoms with van der Waals surface area (Å²) in [5, 5.41) is 0. The maximum atomic E-state index is 13.2. The van der Waals surface area contributed by atoms with Crippen molar-refractivity contribution in [3.63, 3.8) is 0 Å². The average molecular weight is 198 g/mol. The second kappa shape index (κ2) is 2.91. The van der Waals surface area contributed by atoms with Crippen LogP contribution in [0, 0.1) is 11.6 Å². The number of halogens is 2. The summed E-state index contributed by atoms with van der Waals surface area (Å²) in [6, 6.07) is 1.99. The number of rotatable bonds is 1. The summed E-state index contributed by atoms with van der Waals surface area (Å²) in [6.07, 6.45) is 0. The molecule has 0 saturated heterocycles. The van der Waals surface area contributed by atoms with Crippen molar-refractivity contribution in [1.82, 2.24) is 9.55 Å². The van der Waals surface area contributed by atoms with Crippen LogP contribution in [0.2, 0.25) is 0 Å². The molecular formula is C8H8F2N4. The van der Waals surface area contributed by atoms with Gasteiger partial charge in [-0.15, -0.1) is 0 Å². The van der Waals surface area contributed by atoms with Gasteiger partial charge >= 0.3 is 0 Å². The van der Waals surface area contributed by atoms with Crippen molar-refractivity contribution in [1.29, 1.82) is 0 Å². The number of aromatic nitrogens is 2. The molecule has 0 aliphatic rings. The fraction of sp³-hybridized carbons (Fsp3) is 0.125. The molecule has 0 unspecified atom stereocenters. The molecule has 2 aromatic rings. The summed E-state index contributed by atoms with van der Waals surface area (Å²) in [4.78, 5) is 3.86. The highest BCUT2D eigenvalue weighted by Crippen LogP contribution is 2.21. The molecule has 14 heavy (non-hydrogen) atoms. The quantitative estimate of drug-likeness (QED) is 0.533. The van der Waals surface area contributed by atoms with Gasteiger partial charge in [0.25, 0.3) is 0 Å². The smallest absolute Gasteiger partial charge is 0.218 e. The number of fused-ring (bicyclic) bond motifs is 1. The third-order valence-electron chi connectivity index (χ3n) is 2.03. The predicted molar refractivity (Wildman–Crippen MR) is 48.4 cm³/mol. The van der Waals surface area contributed by atoms with E-state index in [1.165, 1.54) is 10.6 Å². The first-order valence-corrected chi connectivity index (χ1v) is 3.91. The Morgan fingerprint density at radius 2 is 2.14 bits per heavy atom. The predicted octanol–water partition coefficient (Wildman–Crippen LogP) is 1.14. The fourth-order valence-electron chi connectivity index (χ4n) is 1.34. The molecule has 2 rings (SSSR count). The molecule has 0 fully saturated rings. The number of anilines is 1. The number of nitrogens with one attached hydrogen (secondary N) is 1. The summed E-state index contributed by atoms with van der Waals surface area (Å²) in [5.74, 6) is 4.10. The van der Waals surface area contributed by atoms with Crippen molar-refractivity contribution in [2.45, 2.75) is 0 Å². The van der Waals surface area contributed by atoms with Crippen molar-refractivity contribution >= 4 is 17.0 Å². The third kappa shape index (κ3) is 1.12. The highest BCUT2D eigenvalue weighted by molar-refractivity contribution is 5.79. The van der Waals surface area contributed by atoms with Crippen molar-refractivity contribution < 1.29 is 8.78 Å². The van der Waals surface area contributed by atoms with Gasteiger partial charge in [0, 0.05) is 19.2 Å². The minimum absolute atomic E-state index is 0.0989. The van der Waals surface area contributed by atoms with E-state index in [2.05, 4.69) is 10.4 Å². The van der Waals surface area contributed by atoms with Gasteiger partial charge in [-0.05, 0) is 0 Å². The molecule has 0 radical (unpaired) electrons. The normalized spacial score (nSPS) is 10.9. The minimum atomic E-state index is -0.697. The lowest BCUT2D eigenvalue weighted by Gasteiger charge is -1.99. The first-order chi connectivity index (χ1) is 6.63. The number of hydrogen-bond acceptors (Lipinski definition) is 3. The summed E-state index contributed by atoms with van der Waals surface area (Å²) in [7, 11) is 1.61. The van der Waals surface area contributed by atoms with Crippen LogP contribution in [0.1, 0.15) is 0 Å². The number of aryl methyl sites for hydroxylation is 1. The topological polar surface area (TPSA) is 55.9 Å². The molecule has 0 saturated carbocycles. The zero-order valence-corrected chi connectivity index (χ0v) is 7.38. The van der Waals surface area contributed by atoms with Gasteiger partial charge in [0.1, 0.15) is 11.3 Å². The number of hydrazine groups is 1. The number of hydrogen-bond donors (Lipinski definition) is 2. The first kappa shape index (κ1) is 8.89. The summed E-state index contributed by atoms with van der Waals surface area (Å²) in [6.45, 7) is 0. The molecule has 0 atom stereocenters. The van der Waals surface area contributed by atoms with E-state index in [-0.39, 0.29) is 11.5 Å². The van der Waals surface area contributed by atoms with Crippen LogP contribution in [0.5, 0.6) is 0 Å². The van der Waals surface area contributed by atoms with E-state index < -0.39 is 11.6 Å².